The molecule has 1 aromatic rings. The van der Waals surface area contributed by atoms with Gasteiger partial charge in [0.1, 0.15) is 5.82 Å². The van der Waals surface area contributed by atoms with Crippen LogP contribution >= 0.6 is 0 Å². The molecule has 0 unspecified atom stereocenters. The van der Waals surface area contributed by atoms with E-state index in [-0.39, 0.29) is 5.82 Å². The van der Waals surface area contributed by atoms with Crippen LogP contribution in [0.15, 0.2) is 24.3 Å². The third-order valence-electron chi connectivity index (χ3n) is 5.50. The van der Waals surface area contributed by atoms with E-state index in [1.54, 1.807) is 12.1 Å². The highest BCUT2D eigenvalue weighted by Crippen LogP contribution is 2.40. The number of halogens is 1. The Labute approximate surface area is 129 Å². The summed E-state index contributed by atoms with van der Waals surface area (Å²) in [4.78, 5) is 0. The minimum Gasteiger partial charge on any atom is -0.314 e. The molecule has 1 aliphatic rings. The van der Waals surface area contributed by atoms with Crippen LogP contribution in [-0.4, -0.2) is 12.6 Å². The number of rotatable bonds is 6. The van der Waals surface area contributed by atoms with Gasteiger partial charge in [-0.25, -0.2) is 4.39 Å². The molecule has 21 heavy (non-hydrogen) atoms. The first-order valence-corrected chi connectivity index (χ1v) is 8.49. The molecule has 1 fully saturated rings. The normalized spacial score (nSPS) is 23.2. The van der Waals surface area contributed by atoms with E-state index in [1.807, 2.05) is 12.1 Å². The van der Waals surface area contributed by atoms with E-state index in [4.69, 9.17) is 0 Å². The molecule has 1 aliphatic carbocycles. The quantitative estimate of drug-likeness (QED) is 0.781. The van der Waals surface area contributed by atoms with Crippen molar-refractivity contribution < 1.29 is 4.39 Å². The Balaban J connectivity index is 1.68. The minimum absolute atomic E-state index is 0.149. The van der Waals surface area contributed by atoms with Gasteiger partial charge in [0.05, 0.1) is 0 Å². The van der Waals surface area contributed by atoms with E-state index in [1.165, 1.54) is 37.7 Å². The highest BCUT2D eigenvalue weighted by Gasteiger charge is 2.31. The molecule has 0 saturated heterocycles. The zero-order chi connectivity index (χ0) is 15.3. The summed E-state index contributed by atoms with van der Waals surface area (Å²) in [5, 5.41) is 3.68. The lowest BCUT2D eigenvalue weighted by Crippen LogP contribution is -2.37. The van der Waals surface area contributed by atoms with Crippen molar-refractivity contribution in [2.45, 2.75) is 65.3 Å². The monoisotopic (exact) mass is 291 g/mol. The number of nitrogens with one attached hydrogen (secondary N) is 1. The van der Waals surface area contributed by atoms with Crippen LogP contribution in [0.3, 0.4) is 0 Å². The lowest BCUT2D eigenvalue weighted by Gasteiger charge is -2.39. The van der Waals surface area contributed by atoms with Gasteiger partial charge in [0.2, 0.25) is 0 Å². The van der Waals surface area contributed by atoms with Crippen molar-refractivity contribution in [3.05, 3.63) is 35.6 Å². The Bertz CT molecular complexity index is 416. The molecule has 0 aromatic heterocycles. The van der Waals surface area contributed by atoms with Crippen LogP contribution in [0.5, 0.6) is 0 Å². The average Bonchev–Trinajstić information content (AvgIpc) is 2.50. The molecular formula is C19H30FN. The van der Waals surface area contributed by atoms with Gasteiger partial charge in [-0.1, -0.05) is 39.3 Å². The molecule has 1 nitrogen and oxygen atoms in total. The van der Waals surface area contributed by atoms with Crippen LogP contribution in [0.25, 0.3) is 0 Å². The molecule has 0 heterocycles. The van der Waals surface area contributed by atoms with Gasteiger partial charge in [-0.05, 0) is 67.7 Å². The van der Waals surface area contributed by atoms with Gasteiger partial charge >= 0.3 is 0 Å². The zero-order valence-corrected chi connectivity index (χ0v) is 13.8. The lowest BCUT2D eigenvalue weighted by atomic mass is 9.69. The van der Waals surface area contributed by atoms with Crippen molar-refractivity contribution >= 4 is 0 Å². The van der Waals surface area contributed by atoms with Gasteiger partial charge in [0.25, 0.3) is 0 Å². The molecule has 118 valence electrons. The van der Waals surface area contributed by atoms with E-state index in [0.717, 1.165) is 18.9 Å². The second-order valence-electron chi connectivity index (χ2n) is 7.22. The second-order valence-corrected chi connectivity index (χ2v) is 7.22. The van der Waals surface area contributed by atoms with E-state index < -0.39 is 0 Å². The average molecular weight is 291 g/mol. The molecule has 1 saturated carbocycles. The molecule has 0 spiro atoms. The summed E-state index contributed by atoms with van der Waals surface area (Å²) in [6.45, 7) is 8.14. The first kappa shape index (κ1) is 16.5. The topological polar surface area (TPSA) is 12.0 Å². The van der Waals surface area contributed by atoms with E-state index in [0.29, 0.717) is 11.5 Å². The Kier molecular flexibility index (Phi) is 5.80. The van der Waals surface area contributed by atoms with Gasteiger partial charge in [-0.2, -0.15) is 0 Å². The van der Waals surface area contributed by atoms with Gasteiger partial charge in [-0.15, -0.1) is 0 Å². The fourth-order valence-corrected chi connectivity index (χ4v) is 3.44. The second kappa shape index (κ2) is 7.40. The molecule has 0 aliphatic heterocycles. The molecule has 0 amide bonds. The van der Waals surface area contributed by atoms with Crippen molar-refractivity contribution in [2.24, 2.45) is 11.3 Å². The van der Waals surface area contributed by atoms with Gasteiger partial charge < -0.3 is 5.32 Å². The van der Waals surface area contributed by atoms with Crippen molar-refractivity contribution in [1.82, 2.24) is 5.32 Å². The van der Waals surface area contributed by atoms with Crippen LogP contribution in [0.4, 0.5) is 4.39 Å². The molecular weight excluding hydrogens is 261 g/mol. The number of benzene rings is 1. The Hall–Kier alpha value is -0.890. The SMILES string of the molecule is CCC(C)(C)C1CCC(NCCc2ccc(F)cc2)CC1. The van der Waals surface area contributed by atoms with Crippen LogP contribution in [0.1, 0.15) is 58.4 Å². The third kappa shape index (κ3) is 4.81. The summed E-state index contributed by atoms with van der Waals surface area (Å²) in [6, 6.07) is 7.55. The maximum atomic E-state index is 12.8. The predicted octanol–water partition coefficient (Wildman–Crippen LogP) is 4.95. The van der Waals surface area contributed by atoms with Crippen LogP contribution < -0.4 is 5.32 Å². The Morgan fingerprint density at radius 1 is 1.10 bits per heavy atom. The van der Waals surface area contributed by atoms with Gasteiger partial charge in [0, 0.05) is 6.04 Å². The highest BCUT2D eigenvalue weighted by molar-refractivity contribution is 5.16. The third-order valence-corrected chi connectivity index (χ3v) is 5.50. The van der Waals surface area contributed by atoms with Crippen molar-refractivity contribution in [2.75, 3.05) is 6.54 Å². The highest BCUT2D eigenvalue weighted by atomic mass is 19.1. The standard InChI is InChI=1S/C19H30FN/c1-4-19(2,3)16-7-11-18(12-8-16)21-14-13-15-5-9-17(20)10-6-15/h5-6,9-10,16,18,21H,4,7-8,11-14H2,1-3H3. The largest absolute Gasteiger partial charge is 0.314 e. The van der Waals surface area contributed by atoms with Crippen LogP contribution in [-0.2, 0) is 6.42 Å². The Morgan fingerprint density at radius 3 is 2.29 bits per heavy atom. The van der Waals surface area contributed by atoms with E-state index >= 15 is 0 Å². The first-order valence-electron chi connectivity index (χ1n) is 8.49. The number of hydrogen-bond donors (Lipinski definition) is 1. The molecule has 1 aromatic carbocycles. The summed E-state index contributed by atoms with van der Waals surface area (Å²) in [7, 11) is 0. The summed E-state index contributed by atoms with van der Waals surface area (Å²) >= 11 is 0. The van der Waals surface area contributed by atoms with Crippen LogP contribution in [0.2, 0.25) is 0 Å². The van der Waals surface area contributed by atoms with Crippen molar-refractivity contribution in [3.63, 3.8) is 0 Å². The first-order chi connectivity index (χ1) is 10.0. The zero-order valence-electron chi connectivity index (χ0n) is 13.8. The van der Waals surface area contributed by atoms with Gasteiger partial charge in [0.15, 0.2) is 0 Å². The summed E-state index contributed by atoms with van der Waals surface area (Å²) < 4.78 is 12.8. The molecule has 0 radical (unpaired) electrons. The van der Waals surface area contributed by atoms with Crippen LogP contribution in [0, 0.1) is 17.2 Å². The van der Waals surface area contributed by atoms with Gasteiger partial charge in [-0.3, -0.25) is 0 Å². The molecule has 2 heteroatoms. The fraction of sp³-hybridized carbons (Fsp3) is 0.684. The predicted molar refractivity (Wildman–Crippen MR) is 87.9 cm³/mol. The maximum absolute atomic E-state index is 12.8. The molecule has 2 rings (SSSR count). The van der Waals surface area contributed by atoms with E-state index in [9.17, 15) is 4.39 Å². The minimum atomic E-state index is -0.149. The summed E-state index contributed by atoms with van der Waals surface area (Å²) in [5.74, 6) is 0.737. The maximum Gasteiger partial charge on any atom is 0.123 e. The van der Waals surface area contributed by atoms with Crippen molar-refractivity contribution in [1.29, 1.82) is 0 Å². The molecule has 0 bridgehead atoms. The summed E-state index contributed by atoms with van der Waals surface area (Å²) in [6.07, 6.45) is 7.58. The molecule has 0 atom stereocenters. The molecule has 1 N–H and O–H groups in total. The summed E-state index contributed by atoms with van der Waals surface area (Å²) in [5.41, 5.74) is 1.71. The number of hydrogen-bond acceptors (Lipinski definition) is 1. The van der Waals surface area contributed by atoms with Crippen molar-refractivity contribution in [3.8, 4) is 0 Å². The lowest BCUT2D eigenvalue weighted by molar-refractivity contribution is 0.137. The fourth-order valence-electron chi connectivity index (χ4n) is 3.44. The Morgan fingerprint density at radius 2 is 1.71 bits per heavy atom. The smallest absolute Gasteiger partial charge is 0.123 e. The van der Waals surface area contributed by atoms with E-state index in [2.05, 4.69) is 26.1 Å².